The maximum atomic E-state index is 13.4. The van der Waals surface area contributed by atoms with Crippen LogP contribution in [0.5, 0.6) is 0 Å². The van der Waals surface area contributed by atoms with E-state index in [1.54, 1.807) is 6.07 Å². The van der Waals surface area contributed by atoms with Crippen molar-refractivity contribution >= 4 is 29.0 Å². The Morgan fingerprint density at radius 2 is 1.92 bits per heavy atom. The summed E-state index contributed by atoms with van der Waals surface area (Å²) in [5.74, 6) is -0.355. The van der Waals surface area contributed by atoms with Gasteiger partial charge in [0, 0.05) is 18.8 Å². The number of nitrogens with two attached hydrogens (primary N) is 1. The number of hydrogen-bond donors (Lipinski definition) is 2. The van der Waals surface area contributed by atoms with E-state index in [-0.39, 0.29) is 11.6 Å². The fourth-order valence-electron chi connectivity index (χ4n) is 2.84. The van der Waals surface area contributed by atoms with Gasteiger partial charge in [-0.05, 0) is 31.0 Å². The molecule has 0 amide bonds. The molecule has 2 heterocycles. The van der Waals surface area contributed by atoms with Crippen LogP contribution in [0.1, 0.15) is 25.7 Å². The predicted octanol–water partition coefficient (Wildman–Crippen LogP) is 3.23. The number of halogens is 1. The second kappa shape index (κ2) is 7.29. The van der Waals surface area contributed by atoms with Gasteiger partial charge in [0.25, 0.3) is 0 Å². The van der Waals surface area contributed by atoms with Crippen molar-refractivity contribution in [1.82, 2.24) is 9.97 Å². The molecule has 0 spiro atoms. The lowest BCUT2D eigenvalue weighted by molar-refractivity contribution is -0.383. The van der Waals surface area contributed by atoms with Crippen LogP contribution in [0.4, 0.5) is 33.3 Å². The second-order valence-corrected chi connectivity index (χ2v) is 5.90. The molecule has 0 bridgehead atoms. The van der Waals surface area contributed by atoms with Crippen LogP contribution in [-0.4, -0.2) is 28.0 Å². The molecule has 0 aliphatic carbocycles. The topological polar surface area (TPSA) is 110 Å². The molecule has 1 fully saturated rings. The van der Waals surface area contributed by atoms with Gasteiger partial charge >= 0.3 is 5.69 Å². The molecule has 2 aromatic rings. The maximum absolute atomic E-state index is 13.4. The summed E-state index contributed by atoms with van der Waals surface area (Å²) >= 11 is 0. The van der Waals surface area contributed by atoms with Crippen molar-refractivity contribution in [3.8, 4) is 0 Å². The number of hydrogen-bond acceptors (Lipinski definition) is 7. The third kappa shape index (κ3) is 3.93. The fourth-order valence-corrected chi connectivity index (χ4v) is 2.84. The third-order valence-electron chi connectivity index (χ3n) is 4.06. The zero-order chi connectivity index (χ0) is 17.8. The molecule has 1 aromatic carbocycles. The van der Waals surface area contributed by atoms with Gasteiger partial charge in [-0.2, -0.15) is 9.97 Å². The normalized spacial score (nSPS) is 14.8. The Labute approximate surface area is 144 Å². The summed E-state index contributed by atoms with van der Waals surface area (Å²) in [5, 5.41) is 14.2. The number of nitrogens with one attached hydrogen (secondary N) is 1. The number of rotatable bonds is 4. The molecule has 1 aliphatic rings. The van der Waals surface area contributed by atoms with E-state index >= 15 is 0 Å². The fraction of sp³-hybridized carbons (Fsp3) is 0.375. The van der Waals surface area contributed by atoms with Crippen molar-refractivity contribution in [3.63, 3.8) is 0 Å². The Morgan fingerprint density at radius 3 is 2.56 bits per heavy atom. The SMILES string of the molecule is Nc1nc(N2CCCCCC2)nc(Nc2cccc(F)c2)c1[N+](=O)[O-]. The molecular formula is C16H19FN6O2. The molecule has 0 atom stereocenters. The Hall–Kier alpha value is -2.97. The van der Waals surface area contributed by atoms with E-state index in [0.29, 0.717) is 11.6 Å². The lowest BCUT2D eigenvalue weighted by Crippen LogP contribution is -2.26. The van der Waals surface area contributed by atoms with E-state index in [1.165, 1.54) is 18.2 Å². The molecule has 9 heteroatoms. The van der Waals surface area contributed by atoms with Crippen LogP contribution < -0.4 is 16.0 Å². The van der Waals surface area contributed by atoms with E-state index in [2.05, 4.69) is 15.3 Å². The maximum Gasteiger partial charge on any atom is 0.353 e. The molecule has 8 nitrogen and oxygen atoms in total. The van der Waals surface area contributed by atoms with Crippen molar-refractivity contribution in [2.24, 2.45) is 0 Å². The van der Waals surface area contributed by atoms with Crippen molar-refractivity contribution in [3.05, 3.63) is 40.2 Å². The first-order valence-electron chi connectivity index (χ1n) is 8.14. The zero-order valence-electron chi connectivity index (χ0n) is 13.6. The number of nitrogens with zero attached hydrogens (tertiary/aromatic N) is 4. The minimum atomic E-state index is -0.636. The number of nitro groups is 1. The minimum absolute atomic E-state index is 0.0395. The van der Waals surface area contributed by atoms with Gasteiger partial charge in [0.2, 0.25) is 17.6 Å². The van der Waals surface area contributed by atoms with Gasteiger partial charge in [-0.3, -0.25) is 10.1 Å². The van der Waals surface area contributed by atoms with Gasteiger partial charge in [0.05, 0.1) is 4.92 Å². The predicted molar refractivity (Wildman–Crippen MR) is 93.5 cm³/mol. The summed E-state index contributed by atoms with van der Waals surface area (Å²) in [5.41, 5.74) is 5.75. The Bertz CT molecular complexity index is 777. The van der Waals surface area contributed by atoms with Crippen LogP contribution in [0.15, 0.2) is 24.3 Å². The monoisotopic (exact) mass is 346 g/mol. The molecule has 0 unspecified atom stereocenters. The van der Waals surface area contributed by atoms with Crippen molar-refractivity contribution < 1.29 is 9.31 Å². The first-order valence-corrected chi connectivity index (χ1v) is 8.14. The summed E-state index contributed by atoms with van der Waals surface area (Å²) in [6.45, 7) is 1.55. The first kappa shape index (κ1) is 16.9. The summed E-state index contributed by atoms with van der Waals surface area (Å²) in [6, 6.07) is 5.62. The summed E-state index contributed by atoms with van der Waals surface area (Å²) in [4.78, 5) is 21.1. The summed E-state index contributed by atoms with van der Waals surface area (Å²) in [7, 11) is 0. The largest absolute Gasteiger partial charge is 0.378 e. The molecule has 132 valence electrons. The Balaban J connectivity index is 1.99. The summed E-state index contributed by atoms with van der Waals surface area (Å²) in [6.07, 6.45) is 4.28. The third-order valence-corrected chi connectivity index (χ3v) is 4.06. The zero-order valence-corrected chi connectivity index (χ0v) is 13.6. The van der Waals surface area contributed by atoms with E-state index in [9.17, 15) is 14.5 Å². The van der Waals surface area contributed by atoms with Crippen LogP contribution in [0.2, 0.25) is 0 Å². The molecule has 3 rings (SSSR count). The molecule has 1 aliphatic heterocycles. The van der Waals surface area contributed by atoms with Gasteiger partial charge in [-0.25, -0.2) is 4.39 Å². The van der Waals surface area contributed by atoms with E-state index in [4.69, 9.17) is 5.73 Å². The highest BCUT2D eigenvalue weighted by atomic mass is 19.1. The van der Waals surface area contributed by atoms with Crippen LogP contribution in [-0.2, 0) is 0 Å². The van der Waals surface area contributed by atoms with Gasteiger partial charge in [0.15, 0.2) is 0 Å². The van der Waals surface area contributed by atoms with Gasteiger partial charge < -0.3 is 16.0 Å². The Morgan fingerprint density at radius 1 is 1.20 bits per heavy atom. The van der Waals surface area contributed by atoms with Crippen molar-refractivity contribution in [2.45, 2.75) is 25.7 Å². The van der Waals surface area contributed by atoms with Gasteiger partial charge in [0.1, 0.15) is 5.82 Å². The van der Waals surface area contributed by atoms with Crippen LogP contribution >= 0.6 is 0 Å². The van der Waals surface area contributed by atoms with Gasteiger partial charge in [-0.1, -0.05) is 18.9 Å². The number of benzene rings is 1. The minimum Gasteiger partial charge on any atom is -0.378 e. The molecule has 0 saturated carbocycles. The van der Waals surface area contributed by atoms with Crippen LogP contribution in [0.3, 0.4) is 0 Å². The van der Waals surface area contributed by atoms with Gasteiger partial charge in [-0.15, -0.1) is 0 Å². The van der Waals surface area contributed by atoms with E-state index in [1.807, 2.05) is 4.90 Å². The summed E-state index contributed by atoms with van der Waals surface area (Å²) < 4.78 is 13.4. The molecule has 25 heavy (non-hydrogen) atoms. The Kier molecular flexibility index (Phi) is 4.92. The van der Waals surface area contributed by atoms with Crippen LogP contribution in [0.25, 0.3) is 0 Å². The highest BCUT2D eigenvalue weighted by Crippen LogP contribution is 2.32. The quantitative estimate of drug-likeness (QED) is 0.646. The standard InChI is InChI=1S/C16H19FN6O2/c17-11-6-5-7-12(10-11)19-15-13(23(24)25)14(18)20-16(21-15)22-8-3-1-2-4-9-22/h5-7,10H,1-4,8-9H2,(H3,18,19,20,21). The molecular weight excluding hydrogens is 327 g/mol. The molecule has 0 radical (unpaired) electrons. The average molecular weight is 346 g/mol. The van der Waals surface area contributed by atoms with E-state index in [0.717, 1.165) is 38.8 Å². The highest BCUT2D eigenvalue weighted by Gasteiger charge is 2.25. The van der Waals surface area contributed by atoms with Crippen LogP contribution in [0, 0.1) is 15.9 Å². The molecule has 1 saturated heterocycles. The lowest BCUT2D eigenvalue weighted by atomic mass is 10.2. The lowest BCUT2D eigenvalue weighted by Gasteiger charge is -2.21. The van der Waals surface area contributed by atoms with E-state index < -0.39 is 16.4 Å². The first-order chi connectivity index (χ1) is 12.0. The smallest absolute Gasteiger partial charge is 0.353 e. The highest BCUT2D eigenvalue weighted by molar-refractivity contribution is 5.74. The molecule has 1 aromatic heterocycles. The number of aromatic nitrogens is 2. The van der Waals surface area contributed by atoms with Crippen molar-refractivity contribution in [2.75, 3.05) is 29.0 Å². The number of nitrogen functional groups attached to an aromatic ring is 1. The van der Waals surface area contributed by atoms with Crippen molar-refractivity contribution in [1.29, 1.82) is 0 Å². The average Bonchev–Trinajstić information content (AvgIpc) is 2.83. The second-order valence-electron chi connectivity index (χ2n) is 5.90. The number of anilines is 4. The molecule has 3 N–H and O–H groups in total.